The minimum Gasteiger partial charge on any atom is -0.544 e. The number of carbonyl (C=O) groups is 2. The number of unbranched alkanes of at least 4 members (excludes halogenated alkanes) is 1. The third-order valence-electron chi connectivity index (χ3n) is 2.07. The van der Waals surface area contributed by atoms with Crippen LogP contribution < -0.4 is 21.7 Å². The van der Waals surface area contributed by atoms with Crippen molar-refractivity contribution in [1.82, 2.24) is 0 Å². The molecule has 0 saturated carbocycles. The average molecular weight is 234 g/mol. The van der Waals surface area contributed by atoms with Crippen molar-refractivity contribution in [3.05, 3.63) is 0 Å². The van der Waals surface area contributed by atoms with Gasteiger partial charge >= 0.3 is 0 Å². The van der Waals surface area contributed by atoms with E-state index in [1.807, 2.05) is 6.92 Å². The molecule has 0 amide bonds. The van der Waals surface area contributed by atoms with E-state index in [0.29, 0.717) is 12.8 Å². The van der Waals surface area contributed by atoms with E-state index in [-0.39, 0.29) is 0 Å². The number of rotatable bonds is 6. The summed E-state index contributed by atoms with van der Waals surface area (Å²) in [6.07, 6.45) is 3.11. The second kappa shape index (κ2) is 10.4. The molecule has 0 spiro atoms. The van der Waals surface area contributed by atoms with E-state index in [0.717, 1.165) is 12.8 Å². The molecule has 0 bridgehead atoms. The Morgan fingerprint density at radius 1 is 1.06 bits per heavy atom. The third-order valence-corrected chi connectivity index (χ3v) is 2.07. The largest absolute Gasteiger partial charge is 0.544 e. The summed E-state index contributed by atoms with van der Waals surface area (Å²) >= 11 is 0. The van der Waals surface area contributed by atoms with Gasteiger partial charge in [0.25, 0.3) is 0 Å². The smallest absolute Gasteiger partial charge is 0.124 e. The highest BCUT2D eigenvalue weighted by atomic mass is 16.4. The molecule has 0 unspecified atom stereocenters. The average Bonchev–Trinajstić information content (AvgIpc) is 2.25. The Bertz CT molecular complexity index is 209. The molecule has 0 rings (SSSR count). The maximum atomic E-state index is 10.0. The molecule has 0 radical (unpaired) electrons. The van der Waals surface area contributed by atoms with Crippen LogP contribution in [-0.2, 0) is 9.59 Å². The number of carbonyl (C=O) groups excluding carboxylic acids is 2. The van der Waals surface area contributed by atoms with Crippen molar-refractivity contribution < 1.29 is 31.3 Å². The topological polar surface area (TPSA) is 136 Å². The monoisotopic (exact) mass is 234 g/mol. The Labute approximate surface area is 95.6 Å². The van der Waals surface area contributed by atoms with E-state index in [1.165, 1.54) is 0 Å². The zero-order valence-corrected chi connectivity index (χ0v) is 10.0. The minimum absolute atomic E-state index is 0.523. The Morgan fingerprint density at radius 2 is 1.50 bits per heavy atom. The zero-order valence-electron chi connectivity index (χ0n) is 10.0. The lowest BCUT2D eigenvalue weighted by atomic mass is 10.1. The summed E-state index contributed by atoms with van der Waals surface area (Å²) in [5, 5.41) is 19.8. The van der Waals surface area contributed by atoms with Crippen LogP contribution in [0.4, 0.5) is 0 Å². The molecule has 0 aliphatic carbocycles. The van der Waals surface area contributed by atoms with Crippen LogP contribution in [-0.4, -0.2) is 24.0 Å². The molecule has 0 aromatic carbocycles. The van der Waals surface area contributed by atoms with Crippen molar-refractivity contribution in [2.24, 2.45) is 0 Å². The lowest BCUT2D eigenvalue weighted by molar-refractivity contribution is -0.438. The number of carboxylic acids is 2. The summed E-state index contributed by atoms with van der Waals surface area (Å²) in [6.45, 7) is 3.77. The first-order valence-corrected chi connectivity index (χ1v) is 5.44. The van der Waals surface area contributed by atoms with Crippen LogP contribution in [0.25, 0.3) is 0 Å². The molecule has 0 heterocycles. The molecule has 0 aromatic rings. The SMILES string of the molecule is CCCC[C@@H]([NH3+])C(=O)[O-].CC[C@H]([NH3+])C(=O)[O-]. The number of aliphatic carboxylic acids is 2. The van der Waals surface area contributed by atoms with E-state index in [2.05, 4.69) is 11.5 Å². The van der Waals surface area contributed by atoms with E-state index in [9.17, 15) is 19.8 Å². The van der Waals surface area contributed by atoms with Gasteiger partial charge in [0.15, 0.2) is 0 Å². The maximum absolute atomic E-state index is 10.0. The normalized spacial score (nSPS) is 13.2. The van der Waals surface area contributed by atoms with Gasteiger partial charge in [-0.05, 0) is 6.42 Å². The zero-order chi connectivity index (χ0) is 13.1. The van der Waals surface area contributed by atoms with Crippen LogP contribution >= 0.6 is 0 Å². The van der Waals surface area contributed by atoms with Crippen LogP contribution in [0.1, 0.15) is 39.5 Å². The Hall–Kier alpha value is -1.14. The lowest BCUT2D eigenvalue weighted by Crippen LogP contribution is -2.68. The first kappa shape index (κ1) is 17.3. The van der Waals surface area contributed by atoms with Gasteiger partial charge in [-0.2, -0.15) is 0 Å². The molecule has 2 atom stereocenters. The van der Waals surface area contributed by atoms with Gasteiger partial charge in [-0.15, -0.1) is 0 Å². The van der Waals surface area contributed by atoms with Gasteiger partial charge in [0.05, 0.1) is 11.9 Å². The highest BCUT2D eigenvalue weighted by Crippen LogP contribution is 1.94. The van der Waals surface area contributed by atoms with Crippen molar-refractivity contribution in [2.45, 2.75) is 51.6 Å². The van der Waals surface area contributed by atoms with E-state index in [4.69, 9.17) is 0 Å². The second-order valence-corrected chi connectivity index (χ2v) is 3.58. The second-order valence-electron chi connectivity index (χ2n) is 3.58. The van der Waals surface area contributed by atoms with E-state index in [1.54, 1.807) is 6.92 Å². The molecule has 6 nitrogen and oxygen atoms in total. The summed E-state index contributed by atoms with van der Waals surface area (Å²) in [5.41, 5.74) is 6.71. The molecular weight excluding hydrogens is 212 g/mol. The summed E-state index contributed by atoms with van der Waals surface area (Å²) < 4.78 is 0. The number of quaternary nitrogens is 2. The molecule has 6 N–H and O–H groups in total. The summed E-state index contributed by atoms with van der Waals surface area (Å²) in [5.74, 6) is -2.11. The molecule has 0 aromatic heterocycles. The number of hydrogen-bond donors (Lipinski definition) is 2. The van der Waals surface area contributed by atoms with Crippen molar-refractivity contribution in [1.29, 1.82) is 0 Å². The van der Waals surface area contributed by atoms with Gasteiger partial charge in [-0.1, -0.05) is 20.3 Å². The Kier molecular flexibility index (Phi) is 11.2. The van der Waals surface area contributed by atoms with Crippen molar-refractivity contribution in [3.63, 3.8) is 0 Å². The Morgan fingerprint density at radius 3 is 1.69 bits per heavy atom. The van der Waals surface area contributed by atoms with Gasteiger partial charge in [-0.25, -0.2) is 0 Å². The van der Waals surface area contributed by atoms with Crippen molar-refractivity contribution >= 4 is 11.9 Å². The van der Waals surface area contributed by atoms with Crippen molar-refractivity contribution in [2.75, 3.05) is 0 Å². The predicted octanol–water partition coefficient (Wildman–Crippen LogP) is -3.71. The molecule has 16 heavy (non-hydrogen) atoms. The first-order chi connectivity index (χ1) is 7.36. The van der Waals surface area contributed by atoms with Gasteiger partial charge in [0.1, 0.15) is 12.1 Å². The van der Waals surface area contributed by atoms with Crippen LogP contribution in [0.3, 0.4) is 0 Å². The highest BCUT2D eigenvalue weighted by molar-refractivity contribution is 5.69. The summed E-state index contributed by atoms with van der Waals surface area (Å²) in [7, 11) is 0. The Balaban J connectivity index is 0. The molecule has 96 valence electrons. The first-order valence-electron chi connectivity index (χ1n) is 5.44. The molecule has 0 saturated heterocycles. The standard InChI is InChI=1S/C6H13NO2.C4H9NO2/c1-2-3-4-5(7)6(8)9;1-2-3(5)4(6)7/h5H,2-4,7H2,1H3,(H,8,9);3H,2,5H2,1H3,(H,6,7)/t5-;3-/m10/s1. The van der Waals surface area contributed by atoms with Gasteiger partial charge < -0.3 is 31.3 Å². The lowest BCUT2D eigenvalue weighted by Gasteiger charge is -2.06. The molecule has 0 fully saturated rings. The summed E-state index contributed by atoms with van der Waals surface area (Å²) in [4.78, 5) is 19.8. The van der Waals surface area contributed by atoms with Gasteiger partial charge in [0.2, 0.25) is 0 Å². The third kappa shape index (κ3) is 10.9. The number of carboxylic acid groups (broad SMARTS) is 2. The van der Waals surface area contributed by atoms with E-state index >= 15 is 0 Å². The van der Waals surface area contributed by atoms with Crippen LogP contribution in [0.15, 0.2) is 0 Å². The minimum atomic E-state index is -1.07. The van der Waals surface area contributed by atoms with E-state index < -0.39 is 24.0 Å². The van der Waals surface area contributed by atoms with Crippen LogP contribution in [0.2, 0.25) is 0 Å². The fourth-order valence-corrected chi connectivity index (χ4v) is 0.735. The molecule has 0 aliphatic rings. The van der Waals surface area contributed by atoms with Crippen LogP contribution in [0.5, 0.6) is 0 Å². The fourth-order valence-electron chi connectivity index (χ4n) is 0.735. The van der Waals surface area contributed by atoms with Crippen LogP contribution in [0, 0.1) is 0 Å². The predicted molar refractivity (Wildman–Crippen MR) is 53.2 cm³/mol. The highest BCUT2D eigenvalue weighted by Gasteiger charge is 2.04. The fraction of sp³-hybridized carbons (Fsp3) is 0.800. The van der Waals surface area contributed by atoms with Crippen molar-refractivity contribution in [3.8, 4) is 0 Å². The molecule has 0 aliphatic heterocycles. The number of hydrogen-bond acceptors (Lipinski definition) is 4. The summed E-state index contributed by atoms with van der Waals surface area (Å²) in [6, 6.07) is -1.06. The molecule has 6 heteroatoms. The maximum Gasteiger partial charge on any atom is 0.124 e. The molecular formula is C10H22N2O4. The van der Waals surface area contributed by atoms with Gasteiger partial charge in [-0.3, -0.25) is 0 Å². The van der Waals surface area contributed by atoms with Gasteiger partial charge in [0, 0.05) is 12.8 Å². The quantitative estimate of drug-likeness (QED) is 0.488.